The fraction of sp³-hybridized carbons (Fsp3) is 0.105. The highest BCUT2D eigenvalue weighted by Gasteiger charge is 2.07. The van der Waals surface area contributed by atoms with E-state index in [1.807, 2.05) is 36.4 Å². The summed E-state index contributed by atoms with van der Waals surface area (Å²) in [6.45, 7) is 1.07. The summed E-state index contributed by atoms with van der Waals surface area (Å²) in [5.41, 5.74) is 3.38. The lowest BCUT2D eigenvalue weighted by molar-refractivity contribution is 0.0950. The van der Waals surface area contributed by atoms with E-state index in [9.17, 15) is 4.79 Å². The van der Waals surface area contributed by atoms with E-state index in [4.69, 9.17) is 11.6 Å². The molecule has 0 aliphatic rings. The minimum Gasteiger partial charge on any atom is -0.380 e. The Kier molecular flexibility index (Phi) is 5.59. The van der Waals surface area contributed by atoms with Crippen molar-refractivity contribution in [3.05, 3.63) is 89.0 Å². The van der Waals surface area contributed by atoms with Crippen molar-refractivity contribution in [3.8, 4) is 0 Å². The lowest BCUT2D eigenvalue weighted by atomic mass is 10.2. The average molecular weight is 353 g/mol. The summed E-state index contributed by atoms with van der Waals surface area (Å²) in [5, 5.41) is 6.84. The second kappa shape index (κ2) is 8.26. The van der Waals surface area contributed by atoms with Gasteiger partial charge in [-0.1, -0.05) is 23.7 Å². The minimum atomic E-state index is -0.167. The van der Waals surface area contributed by atoms with Crippen LogP contribution in [0, 0.1) is 0 Å². The fourth-order valence-corrected chi connectivity index (χ4v) is 2.38. The number of hydrogen-bond acceptors (Lipinski definition) is 4. The van der Waals surface area contributed by atoms with Gasteiger partial charge in [-0.3, -0.25) is 14.8 Å². The summed E-state index contributed by atoms with van der Waals surface area (Å²) in [6, 6.07) is 13.1. The van der Waals surface area contributed by atoms with Crippen LogP contribution in [0.15, 0.2) is 67.3 Å². The van der Waals surface area contributed by atoms with Gasteiger partial charge < -0.3 is 10.6 Å². The van der Waals surface area contributed by atoms with Crippen molar-refractivity contribution in [1.29, 1.82) is 0 Å². The highest BCUT2D eigenvalue weighted by Crippen LogP contribution is 2.13. The van der Waals surface area contributed by atoms with Crippen molar-refractivity contribution in [3.63, 3.8) is 0 Å². The van der Waals surface area contributed by atoms with E-state index in [-0.39, 0.29) is 5.91 Å². The zero-order valence-corrected chi connectivity index (χ0v) is 14.2. The number of amides is 1. The van der Waals surface area contributed by atoms with Crippen molar-refractivity contribution in [1.82, 2.24) is 15.3 Å². The van der Waals surface area contributed by atoms with Gasteiger partial charge in [-0.05, 0) is 41.5 Å². The molecule has 3 rings (SSSR count). The third kappa shape index (κ3) is 5.02. The van der Waals surface area contributed by atoms with Crippen molar-refractivity contribution < 1.29 is 4.79 Å². The van der Waals surface area contributed by atoms with E-state index in [0.717, 1.165) is 16.8 Å². The highest BCUT2D eigenvalue weighted by molar-refractivity contribution is 6.30. The number of aromatic nitrogens is 2. The van der Waals surface area contributed by atoms with Gasteiger partial charge in [0.05, 0.1) is 11.3 Å². The Hall–Kier alpha value is -2.92. The van der Waals surface area contributed by atoms with E-state index in [0.29, 0.717) is 23.7 Å². The third-order valence-corrected chi connectivity index (χ3v) is 3.86. The first-order valence-electron chi connectivity index (χ1n) is 7.81. The van der Waals surface area contributed by atoms with Gasteiger partial charge in [0.2, 0.25) is 0 Å². The molecule has 0 saturated carbocycles. The van der Waals surface area contributed by atoms with Crippen LogP contribution >= 0.6 is 11.6 Å². The molecule has 3 aromatic rings. The SMILES string of the molecule is O=C(NCc1ccncc1)c1cncc(NCc2ccc(Cl)cc2)c1. The normalized spacial score (nSPS) is 10.3. The number of rotatable bonds is 6. The molecular formula is C19H17ClN4O. The van der Waals surface area contributed by atoms with Crippen LogP contribution in [0.5, 0.6) is 0 Å². The predicted molar refractivity (Wildman–Crippen MR) is 98.4 cm³/mol. The van der Waals surface area contributed by atoms with Crippen molar-refractivity contribution >= 4 is 23.2 Å². The second-order valence-corrected chi connectivity index (χ2v) is 5.92. The Morgan fingerprint density at radius 1 is 0.920 bits per heavy atom. The van der Waals surface area contributed by atoms with Crippen LogP contribution in [0.25, 0.3) is 0 Å². The summed E-state index contributed by atoms with van der Waals surface area (Å²) in [4.78, 5) is 20.4. The standard InChI is InChI=1S/C19H17ClN4O/c20-17-3-1-14(2-4-17)10-23-18-9-16(12-22-13-18)19(25)24-11-15-5-7-21-8-6-15/h1-9,12-13,23H,10-11H2,(H,24,25). The molecule has 25 heavy (non-hydrogen) atoms. The Balaban J connectivity index is 1.58. The Morgan fingerprint density at radius 2 is 1.64 bits per heavy atom. The quantitative estimate of drug-likeness (QED) is 0.710. The Morgan fingerprint density at radius 3 is 2.40 bits per heavy atom. The monoisotopic (exact) mass is 352 g/mol. The summed E-state index contributed by atoms with van der Waals surface area (Å²) in [7, 11) is 0. The third-order valence-electron chi connectivity index (χ3n) is 3.61. The second-order valence-electron chi connectivity index (χ2n) is 5.48. The number of nitrogens with one attached hydrogen (secondary N) is 2. The molecule has 0 saturated heterocycles. The maximum Gasteiger partial charge on any atom is 0.253 e. The predicted octanol–water partition coefficient (Wildman–Crippen LogP) is 3.67. The molecule has 1 aromatic carbocycles. The number of pyridine rings is 2. The number of anilines is 1. The molecule has 0 radical (unpaired) electrons. The molecule has 0 unspecified atom stereocenters. The van der Waals surface area contributed by atoms with Crippen LogP contribution in [-0.4, -0.2) is 15.9 Å². The van der Waals surface area contributed by atoms with Gasteiger partial charge in [0.15, 0.2) is 0 Å². The molecule has 2 aromatic heterocycles. The zero-order chi connectivity index (χ0) is 17.5. The van der Waals surface area contributed by atoms with Gasteiger partial charge >= 0.3 is 0 Å². The number of benzene rings is 1. The number of carbonyl (C=O) groups excluding carboxylic acids is 1. The van der Waals surface area contributed by atoms with Crippen LogP contribution in [0.2, 0.25) is 5.02 Å². The molecule has 2 heterocycles. The van der Waals surface area contributed by atoms with Crippen molar-refractivity contribution in [2.45, 2.75) is 13.1 Å². The van der Waals surface area contributed by atoms with E-state index in [2.05, 4.69) is 20.6 Å². The van der Waals surface area contributed by atoms with Gasteiger partial charge in [-0.15, -0.1) is 0 Å². The van der Waals surface area contributed by atoms with E-state index in [1.54, 1.807) is 30.9 Å². The van der Waals surface area contributed by atoms with Crippen LogP contribution < -0.4 is 10.6 Å². The van der Waals surface area contributed by atoms with Crippen molar-refractivity contribution in [2.75, 3.05) is 5.32 Å². The molecule has 0 spiro atoms. The molecule has 0 aliphatic heterocycles. The average Bonchev–Trinajstić information content (AvgIpc) is 2.67. The van der Waals surface area contributed by atoms with Gasteiger partial charge in [-0.25, -0.2) is 0 Å². The Labute approximate surface area is 151 Å². The van der Waals surface area contributed by atoms with Crippen LogP contribution in [0.1, 0.15) is 21.5 Å². The maximum atomic E-state index is 12.3. The summed E-state index contributed by atoms with van der Waals surface area (Å²) in [5.74, 6) is -0.167. The number of nitrogens with zero attached hydrogens (tertiary/aromatic N) is 2. The first-order valence-corrected chi connectivity index (χ1v) is 8.19. The molecule has 0 aliphatic carbocycles. The fourth-order valence-electron chi connectivity index (χ4n) is 2.25. The lowest BCUT2D eigenvalue weighted by Crippen LogP contribution is -2.23. The van der Waals surface area contributed by atoms with Crippen molar-refractivity contribution in [2.24, 2.45) is 0 Å². The van der Waals surface area contributed by atoms with Crippen LogP contribution in [0.3, 0.4) is 0 Å². The first kappa shape index (κ1) is 16.9. The molecule has 0 fully saturated rings. The Bertz CT molecular complexity index is 838. The number of halogens is 1. The van der Waals surface area contributed by atoms with E-state index < -0.39 is 0 Å². The topological polar surface area (TPSA) is 66.9 Å². The highest BCUT2D eigenvalue weighted by atomic mass is 35.5. The molecular weight excluding hydrogens is 336 g/mol. The molecule has 0 bridgehead atoms. The largest absolute Gasteiger partial charge is 0.380 e. The van der Waals surface area contributed by atoms with Gasteiger partial charge in [0.1, 0.15) is 0 Å². The van der Waals surface area contributed by atoms with Crippen LogP contribution in [0.4, 0.5) is 5.69 Å². The van der Waals surface area contributed by atoms with Gasteiger partial charge in [0.25, 0.3) is 5.91 Å². The smallest absolute Gasteiger partial charge is 0.253 e. The van der Waals surface area contributed by atoms with E-state index in [1.165, 1.54) is 0 Å². The summed E-state index contributed by atoms with van der Waals surface area (Å²) < 4.78 is 0. The first-order chi connectivity index (χ1) is 12.2. The zero-order valence-electron chi connectivity index (χ0n) is 13.4. The molecule has 126 valence electrons. The molecule has 0 atom stereocenters. The molecule has 1 amide bonds. The molecule has 5 nitrogen and oxygen atoms in total. The lowest BCUT2D eigenvalue weighted by Gasteiger charge is -2.09. The van der Waals surface area contributed by atoms with Gasteiger partial charge in [-0.2, -0.15) is 0 Å². The summed E-state index contributed by atoms with van der Waals surface area (Å²) in [6.07, 6.45) is 6.64. The summed E-state index contributed by atoms with van der Waals surface area (Å²) >= 11 is 5.88. The number of hydrogen-bond donors (Lipinski definition) is 2. The molecule has 6 heteroatoms. The maximum absolute atomic E-state index is 12.3. The number of carbonyl (C=O) groups is 1. The van der Waals surface area contributed by atoms with Gasteiger partial charge in [0, 0.05) is 42.9 Å². The van der Waals surface area contributed by atoms with Crippen LogP contribution in [-0.2, 0) is 13.1 Å². The molecule has 2 N–H and O–H groups in total. The van der Waals surface area contributed by atoms with E-state index >= 15 is 0 Å². The minimum absolute atomic E-state index is 0.167.